The maximum atomic E-state index is 13.3. The van der Waals surface area contributed by atoms with Crippen LogP contribution in [0.25, 0.3) is 0 Å². The molecule has 0 aliphatic carbocycles. The highest BCUT2D eigenvalue weighted by Gasteiger charge is 2.33. The molecule has 0 fully saturated rings. The number of hydrogen-bond acceptors (Lipinski definition) is 6. The fourth-order valence-corrected chi connectivity index (χ4v) is 4.84. The van der Waals surface area contributed by atoms with E-state index in [1.54, 1.807) is 12.1 Å². The first kappa shape index (κ1) is 24.6. The lowest BCUT2D eigenvalue weighted by molar-refractivity contribution is 0.00332. The molecule has 0 radical (unpaired) electrons. The van der Waals surface area contributed by atoms with Crippen LogP contribution in [0.1, 0.15) is 25.8 Å². The third-order valence-electron chi connectivity index (χ3n) is 4.61. The SMILES string of the molecule is COc1ccc(S(=O)(=O)N(CC(C)C)[C@H](O)CC(Cc2ccccc2)OC(N)=O)cc1. The molecule has 2 atom stereocenters. The number of ether oxygens (including phenoxy) is 2. The summed E-state index contributed by atoms with van der Waals surface area (Å²) in [6.07, 6.45) is -3.03. The molecule has 0 aliphatic rings. The molecule has 9 heteroatoms. The Morgan fingerprint density at radius 2 is 1.71 bits per heavy atom. The van der Waals surface area contributed by atoms with Gasteiger partial charge in [0, 0.05) is 19.4 Å². The second kappa shape index (κ2) is 11.1. The maximum Gasteiger partial charge on any atom is 0.404 e. The number of sulfonamides is 1. The topological polar surface area (TPSA) is 119 Å². The lowest BCUT2D eigenvalue weighted by Gasteiger charge is -2.31. The molecule has 1 amide bonds. The predicted octanol–water partition coefficient (Wildman–Crippen LogP) is 2.76. The van der Waals surface area contributed by atoms with Crippen molar-refractivity contribution in [2.75, 3.05) is 13.7 Å². The van der Waals surface area contributed by atoms with Crippen molar-refractivity contribution >= 4 is 16.1 Å². The normalized spacial score (nSPS) is 13.7. The third-order valence-corrected chi connectivity index (χ3v) is 6.48. The molecule has 0 heterocycles. The van der Waals surface area contributed by atoms with Crippen LogP contribution >= 0.6 is 0 Å². The molecule has 2 rings (SSSR count). The van der Waals surface area contributed by atoms with Crippen molar-refractivity contribution in [1.29, 1.82) is 0 Å². The zero-order valence-electron chi connectivity index (χ0n) is 18.0. The molecule has 170 valence electrons. The Balaban J connectivity index is 2.28. The fraction of sp³-hybridized carbons (Fsp3) is 0.409. The maximum absolute atomic E-state index is 13.3. The molecule has 2 aromatic rings. The molecule has 0 saturated heterocycles. The highest BCUT2D eigenvalue weighted by Crippen LogP contribution is 2.24. The molecule has 1 unspecified atom stereocenters. The monoisotopic (exact) mass is 450 g/mol. The Morgan fingerprint density at radius 3 is 2.23 bits per heavy atom. The summed E-state index contributed by atoms with van der Waals surface area (Å²) in [6, 6.07) is 15.2. The van der Waals surface area contributed by atoms with Gasteiger partial charge in [0.1, 0.15) is 18.1 Å². The quantitative estimate of drug-likeness (QED) is 0.508. The van der Waals surface area contributed by atoms with Crippen molar-refractivity contribution in [3.8, 4) is 5.75 Å². The molecule has 2 aromatic carbocycles. The van der Waals surface area contributed by atoms with Gasteiger partial charge in [-0.3, -0.25) is 0 Å². The Bertz CT molecular complexity index is 932. The standard InChI is InChI=1S/C22H30N2O6S/c1-16(2)15-24(31(27,28)20-11-9-18(29-3)10-12-20)21(25)14-19(30-22(23)26)13-17-7-5-4-6-8-17/h4-12,16,19,21,25H,13-15H2,1-3H3,(H2,23,26)/t19?,21-/m1/s1. The van der Waals surface area contributed by atoms with Gasteiger partial charge in [0.25, 0.3) is 0 Å². The average Bonchev–Trinajstić information content (AvgIpc) is 2.72. The van der Waals surface area contributed by atoms with E-state index in [0.29, 0.717) is 12.2 Å². The number of carbonyl (C=O) groups is 1. The van der Waals surface area contributed by atoms with Crippen LogP contribution in [0.15, 0.2) is 59.5 Å². The van der Waals surface area contributed by atoms with E-state index in [-0.39, 0.29) is 23.8 Å². The summed E-state index contributed by atoms with van der Waals surface area (Å²) in [5, 5.41) is 10.9. The van der Waals surface area contributed by atoms with Gasteiger partial charge < -0.3 is 20.3 Å². The zero-order valence-corrected chi connectivity index (χ0v) is 18.8. The van der Waals surface area contributed by atoms with E-state index in [2.05, 4.69) is 0 Å². The van der Waals surface area contributed by atoms with Gasteiger partial charge >= 0.3 is 6.09 Å². The van der Waals surface area contributed by atoms with Crippen LogP contribution in [0, 0.1) is 5.92 Å². The van der Waals surface area contributed by atoms with E-state index < -0.39 is 28.4 Å². The number of hydrogen-bond donors (Lipinski definition) is 2. The molecular formula is C22H30N2O6S. The lowest BCUT2D eigenvalue weighted by atomic mass is 10.0. The Kier molecular flexibility index (Phi) is 8.85. The smallest absolute Gasteiger partial charge is 0.404 e. The first-order chi connectivity index (χ1) is 14.6. The fourth-order valence-electron chi connectivity index (χ4n) is 3.19. The summed E-state index contributed by atoms with van der Waals surface area (Å²) in [4.78, 5) is 11.4. The van der Waals surface area contributed by atoms with Gasteiger partial charge in [-0.2, -0.15) is 4.31 Å². The van der Waals surface area contributed by atoms with Crippen LogP contribution in [0.5, 0.6) is 5.75 Å². The summed E-state index contributed by atoms with van der Waals surface area (Å²) < 4.78 is 37.8. The van der Waals surface area contributed by atoms with E-state index >= 15 is 0 Å². The van der Waals surface area contributed by atoms with Crippen molar-refractivity contribution in [2.24, 2.45) is 11.7 Å². The van der Waals surface area contributed by atoms with Gasteiger partial charge in [-0.05, 0) is 35.7 Å². The number of aliphatic hydroxyl groups is 1. The van der Waals surface area contributed by atoms with E-state index in [1.807, 2.05) is 44.2 Å². The molecule has 0 saturated carbocycles. The summed E-state index contributed by atoms with van der Waals surface area (Å²) in [5.41, 5.74) is 6.07. The Hall–Kier alpha value is -2.62. The Labute approximate surface area is 183 Å². The van der Waals surface area contributed by atoms with E-state index in [4.69, 9.17) is 15.2 Å². The number of carbonyl (C=O) groups excluding carboxylic acids is 1. The number of aliphatic hydroxyl groups excluding tert-OH is 1. The molecule has 0 bridgehead atoms. The van der Waals surface area contributed by atoms with Gasteiger partial charge in [-0.15, -0.1) is 0 Å². The number of methoxy groups -OCH3 is 1. The van der Waals surface area contributed by atoms with Crippen LogP contribution in [0.3, 0.4) is 0 Å². The minimum Gasteiger partial charge on any atom is -0.497 e. The lowest BCUT2D eigenvalue weighted by Crippen LogP contribution is -2.45. The van der Waals surface area contributed by atoms with Gasteiger partial charge in [0.2, 0.25) is 10.0 Å². The van der Waals surface area contributed by atoms with E-state index in [1.165, 1.54) is 19.2 Å². The second-order valence-corrected chi connectivity index (χ2v) is 9.50. The van der Waals surface area contributed by atoms with Crippen molar-refractivity contribution in [2.45, 2.75) is 43.9 Å². The van der Waals surface area contributed by atoms with Crippen molar-refractivity contribution < 1.29 is 27.8 Å². The van der Waals surface area contributed by atoms with Crippen LogP contribution in [0.2, 0.25) is 0 Å². The number of primary amides is 1. The summed E-state index contributed by atoms with van der Waals surface area (Å²) in [5.74, 6) is 0.472. The van der Waals surface area contributed by atoms with Gasteiger partial charge in [0.15, 0.2) is 0 Å². The van der Waals surface area contributed by atoms with Crippen molar-refractivity contribution in [3.63, 3.8) is 0 Å². The number of nitrogens with zero attached hydrogens (tertiary/aromatic N) is 1. The average molecular weight is 451 g/mol. The largest absolute Gasteiger partial charge is 0.497 e. The number of amides is 1. The minimum atomic E-state index is -4.01. The molecule has 31 heavy (non-hydrogen) atoms. The summed E-state index contributed by atoms with van der Waals surface area (Å²) >= 11 is 0. The van der Waals surface area contributed by atoms with Gasteiger partial charge in [-0.1, -0.05) is 44.2 Å². The summed E-state index contributed by atoms with van der Waals surface area (Å²) in [7, 11) is -2.52. The summed E-state index contributed by atoms with van der Waals surface area (Å²) in [6.45, 7) is 3.79. The Morgan fingerprint density at radius 1 is 1.10 bits per heavy atom. The molecular weight excluding hydrogens is 420 g/mol. The number of nitrogens with two attached hydrogens (primary N) is 1. The van der Waals surface area contributed by atoms with Gasteiger partial charge in [-0.25, -0.2) is 13.2 Å². The van der Waals surface area contributed by atoms with Gasteiger partial charge in [0.05, 0.1) is 12.0 Å². The van der Waals surface area contributed by atoms with Crippen molar-refractivity contribution in [1.82, 2.24) is 4.31 Å². The highest BCUT2D eigenvalue weighted by molar-refractivity contribution is 7.89. The molecule has 0 spiro atoms. The number of benzene rings is 2. The van der Waals surface area contributed by atoms with Crippen LogP contribution in [-0.2, 0) is 21.2 Å². The first-order valence-corrected chi connectivity index (χ1v) is 11.4. The minimum absolute atomic E-state index is 0.0310. The van der Waals surface area contributed by atoms with Crippen LogP contribution < -0.4 is 10.5 Å². The van der Waals surface area contributed by atoms with Crippen LogP contribution in [0.4, 0.5) is 4.79 Å². The third kappa shape index (κ3) is 7.23. The molecule has 8 nitrogen and oxygen atoms in total. The van der Waals surface area contributed by atoms with Crippen LogP contribution in [-0.4, -0.2) is 49.9 Å². The predicted molar refractivity (Wildman–Crippen MR) is 117 cm³/mol. The zero-order chi connectivity index (χ0) is 23.0. The van der Waals surface area contributed by atoms with E-state index in [9.17, 15) is 18.3 Å². The first-order valence-electron chi connectivity index (χ1n) is 9.97. The molecule has 3 N–H and O–H groups in total. The second-order valence-electron chi connectivity index (χ2n) is 7.61. The highest BCUT2D eigenvalue weighted by atomic mass is 32.2. The molecule has 0 aliphatic heterocycles. The molecule has 0 aromatic heterocycles. The number of rotatable bonds is 11. The van der Waals surface area contributed by atoms with E-state index in [0.717, 1.165) is 9.87 Å². The van der Waals surface area contributed by atoms with Crippen molar-refractivity contribution in [3.05, 3.63) is 60.2 Å².